The topological polar surface area (TPSA) is 73.1 Å². The lowest BCUT2D eigenvalue weighted by molar-refractivity contribution is -0.116. The molecular formula is C21H26ClN5O2Si. The van der Waals surface area contributed by atoms with Gasteiger partial charge in [-0.25, -0.2) is 4.98 Å². The molecule has 4 rings (SSSR count). The highest BCUT2D eigenvalue weighted by molar-refractivity contribution is 6.74. The van der Waals surface area contributed by atoms with Crippen LogP contribution in [-0.4, -0.2) is 40.4 Å². The van der Waals surface area contributed by atoms with E-state index in [1.807, 2.05) is 28.8 Å². The van der Waals surface area contributed by atoms with Crippen molar-refractivity contribution in [1.82, 2.24) is 19.5 Å². The Morgan fingerprint density at radius 2 is 1.93 bits per heavy atom. The second kappa shape index (κ2) is 7.44. The van der Waals surface area contributed by atoms with Crippen LogP contribution in [0.2, 0.25) is 23.4 Å². The zero-order valence-corrected chi connectivity index (χ0v) is 19.7. The minimum absolute atomic E-state index is 0.0527. The third kappa shape index (κ3) is 3.63. The fourth-order valence-corrected chi connectivity index (χ4v) is 4.52. The summed E-state index contributed by atoms with van der Waals surface area (Å²) in [5.41, 5.74) is 2.93. The minimum Gasteiger partial charge on any atom is -0.415 e. The van der Waals surface area contributed by atoms with E-state index in [2.05, 4.69) is 48.8 Å². The maximum absolute atomic E-state index is 12.7. The lowest BCUT2D eigenvalue weighted by atomic mass is 10.2. The summed E-state index contributed by atoms with van der Waals surface area (Å²) in [4.78, 5) is 27.6. The molecule has 7 nitrogen and oxygen atoms in total. The number of imidazole rings is 1. The summed E-state index contributed by atoms with van der Waals surface area (Å²) in [6, 6.07) is 7.69. The predicted octanol–water partition coefficient (Wildman–Crippen LogP) is 4.72. The van der Waals surface area contributed by atoms with Crippen LogP contribution in [0.15, 0.2) is 30.6 Å². The molecule has 2 aromatic heterocycles. The van der Waals surface area contributed by atoms with Gasteiger partial charge in [0.25, 0.3) is 0 Å². The molecule has 0 unspecified atom stereocenters. The van der Waals surface area contributed by atoms with Crippen LogP contribution >= 0.6 is 11.6 Å². The van der Waals surface area contributed by atoms with Gasteiger partial charge in [0.1, 0.15) is 0 Å². The standard InChI is InChI=1S/C21H26ClN5O2Si/c1-21(2,3)30(4,5)29-11-10-26-13-23-17-18(26)24-20(22)25-19(17)27-15-9-7-6-8-14(15)12-16(27)28/h6-9,13H,10-12H2,1-5H3. The van der Waals surface area contributed by atoms with Crippen molar-refractivity contribution < 1.29 is 9.22 Å². The molecule has 3 heterocycles. The number of halogens is 1. The molecule has 1 aromatic carbocycles. The number of hydrogen-bond donors (Lipinski definition) is 0. The largest absolute Gasteiger partial charge is 0.415 e. The Kier molecular flexibility index (Phi) is 5.20. The average Bonchev–Trinajstić information content (AvgIpc) is 3.20. The molecule has 1 amide bonds. The highest BCUT2D eigenvalue weighted by Crippen LogP contribution is 2.38. The molecule has 0 saturated heterocycles. The third-order valence-electron chi connectivity index (χ3n) is 6.05. The van der Waals surface area contributed by atoms with Crippen LogP contribution in [0.25, 0.3) is 11.2 Å². The van der Waals surface area contributed by atoms with Gasteiger partial charge in [-0.1, -0.05) is 39.0 Å². The number of para-hydroxylation sites is 1. The minimum atomic E-state index is -1.84. The Morgan fingerprint density at radius 3 is 2.67 bits per heavy atom. The van der Waals surface area contributed by atoms with Crippen molar-refractivity contribution in [2.75, 3.05) is 11.5 Å². The second-order valence-corrected chi connectivity index (χ2v) is 14.2. The van der Waals surface area contributed by atoms with E-state index in [1.54, 1.807) is 11.2 Å². The van der Waals surface area contributed by atoms with Crippen molar-refractivity contribution in [3.63, 3.8) is 0 Å². The molecule has 0 aliphatic carbocycles. The average molecular weight is 444 g/mol. The highest BCUT2D eigenvalue weighted by Gasteiger charge is 2.37. The molecule has 0 radical (unpaired) electrons. The number of nitrogens with zero attached hydrogens (tertiary/aromatic N) is 5. The summed E-state index contributed by atoms with van der Waals surface area (Å²) in [7, 11) is -1.84. The molecule has 30 heavy (non-hydrogen) atoms. The van der Waals surface area contributed by atoms with E-state index in [1.165, 1.54) is 0 Å². The summed E-state index contributed by atoms with van der Waals surface area (Å²) in [6.45, 7) is 12.3. The fraction of sp³-hybridized carbons (Fsp3) is 0.429. The summed E-state index contributed by atoms with van der Waals surface area (Å²) in [5.74, 6) is 0.368. The van der Waals surface area contributed by atoms with Gasteiger partial charge >= 0.3 is 0 Å². The highest BCUT2D eigenvalue weighted by atomic mass is 35.5. The molecule has 1 aliphatic rings. The zero-order valence-electron chi connectivity index (χ0n) is 17.9. The third-order valence-corrected chi connectivity index (χ3v) is 10.8. The first-order chi connectivity index (χ1) is 14.1. The first-order valence-electron chi connectivity index (χ1n) is 10.0. The number of anilines is 2. The van der Waals surface area contributed by atoms with E-state index in [-0.39, 0.29) is 16.2 Å². The van der Waals surface area contributed by atoms with Crippen LogP contribution in [0.3, 0.4) is 0 Å². The molecule has 0 saturated carbocycles. The van der Waals surface area contributed by atoms with Crippen molar-refractivity contribution in [1.29, 1.82) is 0 Å². The quantitative estimate of drug-likeness (QED) is 0.421. The van der Waals surface area contributed by atoms with E-state index in [9.17, 15) is 4.79 Å². The van der Waals surface area contributed by atoms with Crippen molar-refractivity contribution in [3.8, 4) is 0 Å². The number of hydrogen-bond acceptors (Lipinski definition) is 5. The van der Waals surface area contributed by atoms with E-state index >= 15 is 0 Å². The number of rotatable bonds is 5. The molecule has 1 aliphatic heterocycles. The molecular weight excluding hydrogens is 418 g/mol. The summed E-state index contributed by atoms with van der Waals surface area (Å²) in [5, 5.41) is 0.230. The van der Waals surface area contributed by atoms with Crippen molar-refractivity contribution in [3.05, 3.63) is 41.4 Å². The second-order valence-electron chi connectivity index (χ2n) is 9.07. The van der Waals surface area contributed by atoms with E-state index in [4.69, 9.17) is 16.0 Å². The van der Waals surface area contributed by atoms with Gasteiger partial charge < -0.3 is 8.99 Å². The SMILES string of the molecule is CC(C)(C)[Si](C)(C)OCCn1cnc2c(N3C(=O)Cc4ccccc43)nc(Cl)nc21. The Balaban J connectivity index is 1.66. The van der Waals surface area contributed by atoms with E-state index < -0.39 is 8.32 Å². The molecule has 0 atom stereocenters. The smallest absolute Gasteiger partial charge is 0.237 e. The lowest BCUT2D eigenvalue weighted by Crippen LogP contribution is -2.41. The van der Waals surface area contributed by atoms with Crippen molar-refractivity contribution >= 4 is 48.5 Å². The first-order valence-corrected chi connectivity index (χ1v) is 13.3. The monoisotopic (exact) mass is 443 g/mol. The lowest BCUT2D eigenvalue weighted by Gasteiger charge is -2.36. The number of benzene rings is 1. The number of amides is 1. The number of fused-ring (bicyclic) bond motifs is 2. The summed E-state index contributed by atoms with van der Waals surface area (Å²) >= 11 is 6.25. The van der Waals surface area contributed by atoms with Crippen LogP contribution in [0.1, 0.15) is 26.3 Å². The van der Waals surface area contributed by atoms with Gasteiger partial charge in [0.05, 0.1) is 25.0 Å². The maximum Gasteiger partial charge on any atom is 0.237 e. The van der Waals surface area contributed by atoms with Gasteiger partial charge in [-0.15, -0.1) is 0 Å². The Bertz CT molecular complexity index is 1120. The predicted molar refractivity (Wildman–Crippen MR) is 121 cm³/mol. The molecule has 0 N–H and O–H groups in total. The first kappa shape index (κ1) is 21.0. The van der Waals surface area contributed by atoms with Gasteiger partial charge in [-0.3, -0.25) is 9.69 Å². The van der Waals surface area contributed by atoms with Crippen LogP contribution < -0.4 is 4.90 Å². The fourth-order valence-electron chi connectivity index (χ4n) is 3.33. The Hall–Kier alpha value is -2.29. The van der Waals surface area contributed by atoms with Crippen molar-refractivity contribution in [2.45, 2.75) is 51.9 Å². The van der Waals surface area contributed by atoms with Crippen LogP contribution in [0.4, 0.5) is 11.5 Å². The van der Waals surface area contributed by atoms with Gasteiger partial charge in [-0.2, -0.15) is 9.97 Å². The summed E-state index contributed by atoms with van der Waals surface area (Å²) < 4.78 is 8.20. The molecule has 158 valence electrons. The normalized spacial score (nSPS) is 14.6. The van der Waals surface area contributed by atoms with Gasteiger partial charge in [0, 0.05) is 6.54 Å². The number of carbonyl (C=O) groups excluding carboxylic acids is 1. The Labute approximate surface area is 182 Å². The van der Waals surface area contributed by atoms with Crippen LogP contribution in [0.5, 0.6) is 0 Å². The van der Waals surface area contributed by atoms with Crippen LogP contribution in [-0.2, 0) is 22.2 Å². The van der Waals surface area contributed by atoms with E-state index in [0.29, 0.717) is 36.6 Å². The molecule has 3 aromatic rings. The maximum atomic E-state index is 12.7. The van der Waals surface area contributed by atoms with Gasteiger partial charge in [-0.05, 0) is 41.4 Å². The van der Waals surface area contributed by atoms with Gasteiger partial charge in [0.2, 0.25) is 11.2 Å². The molecule has 0 spiro atoms. The van der Waals surface area contributed by atoms with E-state index in [0.717, 1.165) is 11.3 Å². The van der Waals surface area contributed by atoms with Crippen molar-refractivity contribution in [2.24, 2.45) is 0 Å². The zero-order chi connectivity index (χ0) is 21.7. The van der Waals surface area contributed by atoms with Gasteiger partial charge in [0.15, 0.2) is 25.3 Å². The molecule has 9 heteroatoms. The molecule has 0 bridgehead atoms. The number of carbonyl (C=O) groups is 1. The molecule has 0 fully saturated rings. The Morgan fingerprint density at radius 1 is 1.20 bits per heavy atom. The van der Waals surface area contributed by atoms with Crippen LogP contribution in [0, 0.1) is 0 Å². The summed E-state index contributed by atoms with van der Waals surface area (Å²) in [6.07, 6.45) is 2.04. The number of aromatic nitrogens is 4.